The second kappa shape index (κ2) is 8.14. The van der Waals surface area contributed by atoms with Crippen molar-refractivity contribution in [2.45, 2.75) is 13.0 Å². The molecule has 1 atom stereocenters. The molecule has 4 rings (SSSR count). The van der Waals surface area contributed by atoms with E-state index in [1.807, 2.05) is 55.5 Å². The molecule has 0 saturated carbocycles. The van der Waals surface area contributed by atoms with Crippen LogP contribution in [0, 0.1) is 0 Å². The van der Waals surface area contributed by atoms with Crippen LogP contribution in [0.15, 0.2) is 76.9 Å². The molecule has 0 aliphatic carbocycles. The second-order valence-electron chi connectivity index (χ2n) is 6.46. The summed E-state index contributed by atoms with van der Waals surface area (Å²) in [5, 5.41) is 13.8. The summed E-state index contributed by atoms with van der Waals surface area (Å²) in [5.41, 5.74) is 3.80. The minimum Gasteiger partial charge on any atom is -0.351 e. The number of thiocarbonyl (C=S) groups is 1. The van der Waals surface area contributed by atoms with Crippen molar-refractivity contribution in [3.63, 3.8) is 0 Å². The lowest BCUT2D eigenvalue weighted by atomic mass is 9.94. The molecule has 9 heteroatoms. The average Bonchev–Trinajstić information content (AvgIpc) is 3.24. The predicted octanol–water partition coefficient (Wildman–Crippen LogP) is 3.46. The number of carbonyl (C=O) groups excluding carboxylic acids is 1. The molecule has 0 bridgehead atoms. The first kappa shape index (κ1) is 19.3. The molecule has 29 heavy (non-hydrogen) atoms. The van der Waals surface area contributed by atoms with Gasteiger partial charge in [-0.05, 0) is 61.1 Å². The van der Waals surface area contributed by atoms with Crippen molar-refractivity contribution in [3.05, 3.63) is 82.5 Å². The summed E-state index contributed by atoms with van der Waals surface area (Å²) in [6.45, 7) is 1.85. The van der Waals surface area contributed by atoms with E-state index >= 15 is 0 Å². The summed E-state index contributed by atoms with van der Waals surface area (Å²) in [5.74, 6) is -0.197. The quantitative estimate of drug-likeness (QED) is 0.508. The topological polar surface area (TPSA) is 83.9 Å². The summed E-state index contributed by atoms with van der Waals surface area (Å²) in [6.07, 6.45) is 3.12. The number of amides is 1. The summed E-state index contributed by atoms with van der Waals surface area (Å²) in [7, 11) is 0. The molecule has 0 saturated heterocycles. The highest BCUT2D eigenvalue weighted by molar-refractivity contribution is 9.10. The molecule has 1 aromatic heterocycles. The van der Waals surface area contributed by atoms with Crippen molar-refractivity contribution in [2.24, 2.45) is 0 Å². The fourth-order valence-corrected chi connectivity index (χ4v) is 3.67. The minimum absolute atomic E-state index is 0.197. The molecule has 2 heterocycles. The first-order valence-corrected chi connectivity index (χ1v) is 10.0. The molecule has 0 unspecified atom stereocenters. The molecule has 3 aromatic rings. The van der Waals surface area contributed by atoms with Crippen LogP contribution in [0.2, 0.25) is 0 Å². The van der Waals surface area contributed by atoms with Crippen molar-refractivity contribution in [2.75, 3.05) is 5.32 Å². The summed E-state index contributed by atoms with van der Waals surface area (Å²) in [6, 6.07) is 14.8. The summed E-state index contributed by atoms with van der Waals surface area (Å²) < 4.78 is 2.62. The molecule has 2 aromatic carbocycles. The number of halogens is 1. The smallest absolute Gasteiger partial charge is 0.255 e. The van der Waals surface area contributed by atoms with Crippen LogP contribution in [0.5, 0.6) is 0 Å². The van der Waals surface area contributed by atoms with Crippen LogP contribution in [-0.2, 0) is 4.79 Å². The fourth-order valence-electron chi connectivity index (χ4n) is 3.14. The molecule has 0 spiro atoms. The third kappa shape index (κ3) is 4.20. The lowest BCUT2D eigenvalue weighted by Gasteiger charge is -2.30. The number of hydrogen-bond acceptors (Lipinski definition) is 4. The molecule has 1 aliphatic heterocycles. The number of nitrogens with zero attached hydrogens (tertiary/aromatic N) is 3. The van der Waals surface area contributed by atoms with Crippen molar-refractivity contribution in [3.8, 4) is 5.69 Å². The Morgan fingerprint density at radius 2 is 1.90 bits per heavy atom. The monoisotopic (exact) mass is 468 g/mol. The minimum atomic E-state index is -0.371. The van der Waals surface area contributed by atoms with E-state index in [4.69, 9.17) is 12.2 Å². The van der Waals surface area contributed by atoms with Crippen LogP contribution in [0.3, 0.4) is 0 Å². The lowest BCUT2D eigenvalue weighted by molar-refractivity contribution is -0.113. The first-order valence-electron chi connectivity index (χ1n) is 8.81. The van der Waals surface area contributed by atoms with Gasteiger partial charge in [0.05, 0.1) is 17.3 Å². The van der Waals surface area contributed by atoms with Gasteiger partial charge < -0.3 is 16.0 Å². The van der Waals surface area contributed by atoms with E-state index in [9.17, 15) is 4.79 Å². The van der Waals surface area contributed by atoms with Crippen molar-refractivity contribution < 1.29 is 4.79 Å². The normalized spacial score (nSPS) is 16.2. The molecule has 7 nitrogen and oxygen atoms in total. The Morgan fingerprint density at radius 1 is 1.17 bits per heavy atom. The van der Waals surface area contributed by atoms with E-state index in [0.717, 1.165) is 15.7 Å². The molecular weight excluding hydrogens is 452 g/mol. The maximum Gasteiger partial charge on any atom is 0.255 e. The summed E-state index contributed by atoms with van der Waals surface area (Å²) in [4.78, 5) is 17.0. The van der Waals surface area contributed by atoms with Gasteiger partial charge in [-0.15, -0.1) is 0 Å². The van der Waals surface area contributed by atoms with Gasteiger partial charge in [-0.2, -0.15) is 5.10 Å². The zero-order chi connectivity index (χ0) is 20.4. The van der Waals surface area contributed by atoms with Crippen molar-refractivity contribution in [1.29, 1.82) is 0 Å². The SMILES string of the molecule is CC1=C(C(=O)Nc2ccc(Br)cc2)[C@H](c2ccc(-n3cncn3)cc2)NC(=S)N1. The number of allylic oxidation sites excluding steroid dienone is 1. The van der Waals surface area contributed by atoms with E-state index in [0.29, 0.717) is 22.1 Å². The molecule has 3 N–H and O–H groups in total. The van der Waals surface area contributed by atoms with Gasteiger partial charge in [0.2, 0.25) is 0 Å². The zero-order valence-electron chi connectivity index (χ0n) is 15.4. The highest BCUT2D eigenvalue weighted by Gasteiger charge is 2.30. The number of benzene rings is 2. The summed E-state index contributed by atoms with van der Waals surface area (Å²) >= 11 is 8.72. The van der Waals surface area contributed by atoms with Gasteiger partial charge in [-0.25, -0.2) is 9.67 Å². The molecule has 0 radical (unpaired) electrons. The number of carbonyl (C=O) groups is 1. The Kier molecular flexibility index (Phi) is 5.41. The molecular formula is C20H17BrN6OS. The predicted molar refractivity (Wildman–Crippen MR) is 118 cm³/mol. The van der Waals surface area contributed by atoms with E-state index < -0.39 is 0 Å². The molecule has 0 fully saturated rings. The van der Waals surface area contributed by atoms with E-state index in [1.165, 1.54) is 6.33 Å². The number of hydrogen-bond donors (Lipinski definition) is 3. The number of nitrogens with one attached hydrogen (secondary N) is 3. The van der Waals surface area contributed by atoms with Crippen LogP contribution in [0.25, 0.3) is 5.69 Å². The maximum atomic E-state index is 13.1. The van der Waals surface area contributed by atoms with E-state index in [2.05, 4.69) is 42.0 Å². The van der Waals surface area contributed by atoms with Gasteiger partial charge in [-0.1, -0.05) is 28.1 Å². The Labute approximate surface area is 181 Å². The Balaban J connectivity index is 1.63. The molecule has 146 valence electrons. The van der Waals surface area contributed by atoms with Gasteiger partial charge >= 0.3 is 0 Å². The maximum absolute atomic E-state index is 13.1. The van der Waals surface area contributed by atoms with Crippen molar-refractivity contribution in [1.82, 2.24) is 25.4 Å². The lowest BCUT2D eigenvalue weighted by Crippen LogP contribution is -2.45. The van der Waals surface area contributed by atoms with Gasteiger partial charge in [0.15, 0.2) is 5.11 Å². The standard InChI is InChI=1S/C20H17BrN6OS/c1-12-17(19(28)25-15-6-4-14(21)5-7-15)18(26-20(29)24-12)13-2-8-16(9-3-13)27-11-22-10-23-27/h2-11,18H,1H3,(H,25,28)(H2,24,26,29)/t18-/m0/s1. The Hall–Kier alpha value is -3.04. The van der Waals surface area contributed by atoms with Crippen molar-refractivity contribution >= 4 is 44.9 Å². The largest absolute Gasteiger partial charge is 0.351 e. The third-order valence-electron chi connectivity index (χ3n) is 4.53. The fraction of sp³-hybridized carbons (Fsp3) is 0.100. The number of aromatic nitrogens is 3. The highest BCUT2D eigenvalue weighted by atomic mass is 79.9. The zero-order valence-corrected chi connectivity index (χ0v) is 17.8. The molecule has 1 amide bonds. The van der Waals surface area contributed by atoms with E-state index in [-0.39, 0.29) is 11.9 Å². The average molecular weight is 469 g/mol. The van der Waals surface area contributed by atoms with Gasteiger partial charge in [-0.3, -0.25) is 4.79 Å². The molecule has 1 aliphatic rings. The van der Waals surface area contributed by atoms with Crippen LogP contribution < -0.4 is 16.0 Å². The second-order valence-corrected chi connectivity index (χ2v) is 7.79. The van der Waals surface area contributed by atoms with Crippen LogP contribution in [-0.4, -0.2) is 25.8 Å². The first-order chi connectivity index (χ1) is 14.0. The van der Waals surface area contributed by atoms with Gasteiger partial charge in [0.25, 0.3) is 5.91 Å². The third-order valence-corrected chi connectivity index (χ3v) is 5.27. The van der Waals surface area contributed by atoms with Crippen LogP contribution in [0.1, 0.15) is 18.5 Å². The Morgan fingerprint density at radius 3 is 2.55 bits per heavy atom. The van der Waals surface area contributed by atoms with Crippen LogP contribution >= 0.6 is 28.1 Å². The van der Waals surface area contributed by atoms with E-state index in [1.54, 1.807) is 11.0 Å². The van der Waals surface area contributed by atoms with Gasteiger partial charge in [0.1, 0.15) is 12.7 Å². The highest BCUT2D eigenvalue weighted by Crippen LogP contribution is 2.28. The number of anilines is 1. The van der Waals surface area contributed by atoms with Gasteiger partial charge in [0, 0.05) is 15.9 Å². The number of rotatable bonds is 4. The van der Waals surface area contributed by atoms with Crippen LogP contribution in [0.4, 0.5) is 5.69 Å². The Bertz CT molecular complexity index is 1080.